The number of benzene rings is 2. The minimum atomic E-state index is -0.511. The van der Waals surface area contributed by atoms with Crippen LogP contribution in [0.4, 0.5) is 0 Å². The van der Waals surface area contributed by atoms with Crippen molar-refractivity contribution in [2.24, 2.45) is 5.92 Å². The van der Waals surface area contributed by atoms with Crippen LogP contribution in [-0.4, -0.2) is 35.8 Å². The number of fused-ring (bicyclic) bond motifs is 1. The predicted molar refractivity (Wildman–Crippen MR) is 114 cm³/mol. The molecule has 1 aliphatic heterocycles. The van der Waals surface area contributed by atoms with Crippen LogP contribution in [0.1, 0.15) is 49.3 Å². The third-order valence-corrected chi connectivity index (χ3v) is 6.58. The molecule has 1 saturated carbocycles. The Kier molecular flexibility index (Phi) is 5.84. The Balaban J connectivity index is 1.58. The lowest BCUT2D eigenvalue weighted by Gasteiger charge is -2.52. The lowest BCUT2D eigenvalue weighted by Crippen LogP contribution is -2.54. The van der Waals surface area contributed by atoms with Crippen molar-refractivity contribution in [3.63, 3.8) is 0 Å². The van der Waals surface area contributed by atoms with E-state index >= 15 is 0 Å². The van der Waals surface area contributed by atoms with Gasteiger partial charge >= 0.3 is 0 Å². The average Bonchev–Trinajstić information content (AvgIpc) is 2.74. The van der Waals surface area contributed by atoms with Crippen molar-refractivity contribution in [2.45, 2.75) is 43.7 Å². The van der Waals surface area contributed by atoms with Crippen LogP contribution in [0.15, 0.2) is 60.7 Å². The van der Waals surface area contributed by atoms with Crippen molar-refractivity contribution >= 4 is 6.08 Å². The first-order valence-corrected chi connectivity index (χ1v) is 10.5. The summed E-state index contributed by atoms with van der Waals surface area (Å²) in [6.45, 7) is 1.83. The fourth-order valence-corrected chi connectivity index (χ4v) is 5.08. The van der Waals surface area contributed by atoms with E-state index in [1.807, 2.05) is 18.2 Å². The zero-order chi connectivity index (χ0) is 19.4. The highest BCUT2D eigenvalue weighted by Gasteiger charge is 2.48. The molecule has 3 heteroatoms. The van der Waals surface area contributed by atoms with Crippen molar-refractivity contribution in [2.75, 3.05) is 20.2 Å². The second kappa shape index (κ2) is 8.50. The molecule has 1 aliphatic carbocycles. The first-order valence-electron chi connectivity index (χ1n) is 10.5. The third kappa shape index (κ3) is 4.01. The van der Waals surface area contributed by atoms with Crippen LogP contribution in [0.25, 0.3) is 6.08 Å². The molecule has 28 heavy (non-hydrogen) atoms. The average molecular weight is 378 g/mol. The van der Waals surface area contributed by atoms with Gasteiger partial charge in [0.15, 0.2) is 0 Å². The lowest BCUT2D eigenvalue weighted by atomic mass is 9.66. The number of piperidine rings is 1. The Labute approximate surface area is 168 Å². The number of aliphatic hydroxyl groups is 1. The molecular formula is C25H31NO2. The molecular weight excluding hydrogens is 346 g/mol. The van der Waals surface area contributed by atoms with Crippen molar-refractivity contribution < 1.29 is 9.84 Å². The van der Waals surface area contributed by atoms with Crippen LogP contribution in [0.3, 0.4) is 0 Å². The van der Waals surface area contributed by atoms with Crippen LogP contribution >= 0.6 is 0 Å². The Bertz CT molecular complexity index is 786. The molecule has 3 nitrogen and oxygen atoms in total. The molecule has 0 aromatic heterocycles. The highest BCUT2D eigenvalue weighted by Crippen LogP contribution is 2.49. The number of ether oxygens (including phenoxy) is 1. The van der Waals surface area contributed by atoms with Gasteiger partial charge in [-0.3, -0.25) is 4.90 Å². The molecule has 1 N–H and O–H groups in total. The summed E-state index contributed by atoms with van der Waals surface area (Å²) in [6.07, 6.45) is 9.75. The first kappa shape index (κ1) is 19.2. The van der Waals surface area contributed by atoms with Gasteiger partial charge in [-0.05, 0) is 42.5 Å². The zero-order valence-electron chi connectivity index (χ0n) is 16.8. The Morgan fingerprint density at radius 2 is 1.86 bits per heavy atom. The van der Waals surface area contributed by atoms with E-state index in [2.05, 4.69) is 53.5 Å². The number of likely N-dealkylation sites (tertiary alicyclic amines) is 1. The zero-order valence-corrected chi connectivity index (χ0v) is 16.8. The van der Waals surface area contributed by atoms with E-state index in [1.165, 1.54) is 17.5 Å². The van der Waals surface area contributed by atoms with Crippen LogP contribution in [0, 0.1) is 5.92 Å². The molecule has 0 bridgehead atoms. The van der Waals surface area contributed by atoms with Gasteiger partial charge in [0.2, 0.25) is 0 Å². The fraction of sp³-hybridized carbons (Fsp3) is 0.440. The molecule has 2 unspecified atom stereocenters. The second-order valence-corrected chi connectivity index (χ2v) is 8.23. The summed E-state index contributed by atoms with van der Waals surface area (Å²) in [5.41, 5.74) is 2.01. The molecule has 2 aromatic carbocycles. The highest BCUT2D eigenvalue weighted by molar-refractivity contribution is 5.48. The maximum atomic E-state index is 11.4. The molecule has 0 amide bonds. The van der Waals surface area contributed by atoms with E-state index in [1.54, 1.807) is 7.11 Å². The summed E-state index contributed by atoms with van der Waals surface area (Å²) >= 11 is 0. The summed E-state index contributed by atoms with van der Waals surface area (Å²) in [5, 5.41) is 11.4. The lowest BCUT2D eigenvalue weighted by molar-refractivity contribution is -0.122. The van der Waals surface area contributed by atoms with E-state index in [-0.39, 0.29) is 6.04 Å². The van der Waals surface area contributed by atoms with Gasteiger partial charge in [-0.2, -0.15) is 0 Å². The minimum absolute atomic E-state index is 0.255. The number of methoxy groups -OCH3 is 1. The third-order valence-electron chi connectivity index (χ3n) is 6.58. The summed E-state index contributed by atoms with van der Waals surface area (Å²) < 4.78 is 5.35. The monoisotopic (exact) mass is 377 g/mol. The van der Waals surface area contributed by atoms with E-state index in [9.17, 15) is 5.11 Å². The number of hydrogen-bond donors (Lipinski definition) is 1. The molecule has 1 heterocycles. The molecule has 1 saturated heterocycles. The Morgan fingerprint density at radius 1 is 1.07 bits per heavy atom. The second-order valence-electron chi connectivity index (χ2n) is 8.23. The Morgan fingerprint density at radius 3 is 2.61 bits per heavy atom. The van der Waals surface area contributed by atoms with E-state index in [0.717, 1.165) is 44.5 Å². The van der Waals surface area contributed by atoms with Gasteiger partial charge in [0, 0.05) is 25.0 Å². The Hall–Kier alpha value is -2.10. The quantitative estimate of drug-likeness (QED) is 0.789. The summed E-state index contributed by atoms with van der Waals surface area (Å²) in [6, 6.07) is 19.2. The van der Waals surface area contributed by atoms with Crippen molar-refractivity contribution in [3.8, 4) is 5.75 Å². The van der Waals surface area contributed by atoms with Gasteiger partial charge in [0.25, 0.3) is 0 Å². The molecule has 2 fully saturated rings. The molecule has 0 spiro atoms. The highest BCUT2D eigenvalue weighted by atomic mass is 16.5. The van der Waals surface area contributed by atoms with Gasteiger partial charge in [-0.1, -0.05) is 67.5 Å². The topological polar surface area (TPSA) is 32.7 Å². The van der Waals surface area contributed by atoms with Gasteiger partial charge in [0.05, 0.1) is 12.7 Å². The van der Waals surface area contributed by atoms with Crippen LogP contribution in [0.2, 0.25) is 0 Å². The SMILES string of the molecule is COc1ccc([C@H]2C3CCCCC3(O)CCN2CC=Cc2ccccc2)cc1. The molecule has 2 aliphatic rings. The largest absolute Gasteiger partial charge is 0.497 e. The smallest absolute Gasteiger partial charge is 0.118 e. The van der Waals surface area contributed by atoms with E-state index in [4.69, 9.17) is 4.74 Å². The van der Waals surface area contributed by atoms with Crippen LogP contribution in [0.5, 0.6) is 5.75 Å². The molecule has 2 aromatic rings. The van der Waals surface area contributed by atoms with Crippen LogP contribution in [-0.2, 0) is 0 Å². The van der Waals surface area contributed by atoms with E-state index in [0.29, 0.717) is 5.92 Å². The maximum Gasteiger partial charge on any atom is 0.118 e. The van der Waals surface area contributed by atoms with Gasteiger partial charge in [-0.25, -0.2) is 0 Å². The van der Waals surface area contributed by atoms with Gasteiger partial charge in [0.1, 0.15) is 5.75 Å². The molecule has 148 valence electrons. The molecule has 3 atom stereocenters. The van der Waals surface area contributed by atoms with Crippen molar-refractivity contribution in [1.82, 2.24) is 4.90 Å². The normalized spacial score (nSPS) is 28.2. The van der Waals surface area contributed by atoms with Gasteiger partial charge in [-0.15, -0.1) is 0 Å². The van der Waals surface area contributed by atoms with Crippen molar-refractivity contribution in [1.29, 1.82) is 0 Å². The summed E-state index contributed by atoms with van der Waals surface area (Å²) in [5.74, 6) is 1.18. The minimum Gasteiger partial charge on any atom is -0.497 e. The van der Waals surface area contributed by atoms with E-state index < -0.39 is 5.60 Å². The maximum absolute atomic E-state index is 11.4. The van der Waals surface area contributed by atoms with Crippen molar-refractivity contribution in [3.05, 3.63) is 71.8 Å². The standard InChI is InChI=1S/C25H31NO2/c1-28-22-14-12-21(13-15-22)24-23-11-5-6-16-25(23,27)17-19-26(24)18-7-10-20-8-3-2-4-9-20/h2-4,7-10,12-15,23-24,27H,5-6,11,16-19H2,1H3/t23?,24-,25?/m0/s1. The van der Waals surface area contributed by atoms with Gasteiger partial charge < -0.3 is 9.84 Å². The number of hydrogen-bond acceptors (Lipinski definition) is 3. The summed E-state index contributed by atoms with van der Waals surface area (Å²) in [7, 11) is 1.70. The first-order chi connectivity index (χ1) is 13.7. The number of nitrogens with zero attached hydrogens (tertiary/aromatic N) is 1. The molecule has 4 rings (SSSR count). The fourth-order valence-electron chi connectivity index (χ4n) is 5.08. The van der Waals surface area contributed by atoms with Crippen LogP contribution < -0.4 is 4.74 Å². The summed E-state index contributed by atoms with van der Waals surface area (Å²) in [4.78, 5) is 2.55. The number of rotatable bonds is 5. The molecule has 0 radical (unpaired) electrons. The predicted octanol–water partition coefficient (Wildman–Crippen LogP) is 5.08.